The number of amides is 2. The van der Waals surface area contributed by atoms with Crippen molar-refractivity contribution in [3.05, 3.63) is 35.4 Å². The van der Waals surface area contributed by atoms with Gasteiger partial charge in [0.05, 0.1) is 12.0 Å². The number of carbonyl (C=O) groups is 2. The highest BCUT2D eigenvalue weighted by Gasteiger charge is 2.22. The number of ether oxygens (including phenoxy) is 1. The molecule has 2 heterocycles. The molecule has 0 saturated carbocycles. The molecule has 1 aromatic rings. The molecule has 3 N–H and O–H groups in total. The Morgan fingerprint density at radius 3 is 2.84 bits per heavy atom. The maximum absolute atomic E-state index is 12.2. The minimum Gasteiger partial charge on any atom is -0.376 e. The van der Waals surface area contributed by atoms with E-state index in [1.165, 1.54) is 0 Å². The lowest BCUT2D eigenvalue weighted by atomic mass is 10.1. The summed E-state index contributed by atoms with van der Waals surface area (Å²) in [5.74, 6) is 0.0369. The van der Waals surface area contributed by atoms with Gasteiger partial charge in [-0.1, -0.05) is 12.1 Å². The third kappa shape index (κ3) is 5.70. The van der Waals surface area contributed by atoms with E-state index in [1.54, 1.807) is 6.07 Å². The molecule has 0 radical (unpaired) electrons. The van der Waals surface area contributed by atoms with Gasteiger partial charge in [0.2, 0.25) is 5.91 Å². The minimum absolute atomic E-state index is 0. The highest BCUT2D eigenvalue weighted by Crippen LogP contribution is 2.12. The first kappa shape index (κ1) is 19.7. The van der Waals surface area contributed by atoms with Crippen molar-refractivity contribution in [1.82, 2.24) is 16.0 Å². The van der Waals surface area contributed by atoms with Gasteiger partial charge in [-0.2, -0.15) is 0 Å². The summed E-state index contributed by atoms with van der Waals surface area (Å²) in [6, 6.07) is 7.39. The van der Waals surface area contributed by atoms with Crippen LogP contribution in [0.2, 0.25) is 0 Å². The number of hydrogen-bond donors (Lipinski definition) is 3. The van der Waals surface area contributed by atoms with Crippen LogP contribution in [0, 0.1) is 5.92 Å². The van der Waals surface area contributed by atoms with E-state index in [0.29, 0.717) is 18.7 Å². The molecule has 2 aliphatic heterocycles. The Kier molecular flexibility index (Phi) is 7.68. The highest BCUT2D eigenvalue weighted by atomic mass is 35.5. The Bertz CT molecular complexity index is 585. The number of nitrogens with one attached hydrogen (secondary N) is 3. The second kappa shape index (κ2) is 9.75. The fraction of sp³-hybridized carbons (Fsp3) is 0.556. The molecule has 0 bridgehead atoms. The van der Waals surface area contributed by atoms with Gasteiger partial charge in [0.1, 0.15) is 0 Å². The molecule has 138 valence electrons. The van der Waals surface area contributed by atoms with Gasteiger partial charge in [-0.15, -0.1) is 12.4 Å². The molecule has 1 aromatic carbocycles. The Hall–Kier alpha value is -1.63. The Morgan fingerprint density at radius 2 is 2.12 bits per heavy atom. The van der Waals surface area contributed by atoms with Gasteiger partial charge < -0.3 is 20.7 Å². The predicted octanol–water partition coefficient (Wildman–Crippen LogP) is 1.24. The molecule has 0 aromatic heterocycles. The molecule has 3 rings (SSSR count). The van der Waals surface area contributed by atoms with E-state index in [0.717, 1.165) is 44.5 Å². The van der Waals surface area contributed by atoms with Crippen LogP contribution in [0.25, 0.3) is 0 Å². The van der Waals surface area contributed by atoms with Gasteiger partial charge in [0.15, 0.2) is 0 Å². The van der Waals surface area contributed by atoms with Crippen molar-refractivity contribution in [3.63, 3.8) is 0 Å². The zero-order valence-corrected chi connectivity index (χ0v) is 15.1. The summed E-state index contributed by atoms with van der Waals surface area (Å²) >= 11 is 0. The second-order valence-electron chi connectivity index (χ2n) is 6.45. The topological polar surface area (TPSA) is 79.5 Å². The smallest absolute Gasteiger partial charge is 0.251 e. The van der Waals surface area contributed by atoms with Crippen molar-refractivity contribution >= 4 is 24.2 Å². The Labute approximate surface area is 154 Å². The maximum atomic E-state index is 12.2. The van der Waals surface area contributed by atoms with Crippen molar-refractivity contribution in [1.29, 1.82) is 0 Å². The van der Waals surface area contributed by atoms with Gasteiger partial charge in [-0.3, -0.25) is 9.59 Å². The second-order valence-corrected chi connectivity index (χ2v) is 6.45. The SMILES string of the molecule is Cl.O=C(NCC1CCCO1)c1cccc(CNC(=O)C2CCNC2)c1. The molecule has 2 atom stereocenters. The number of halogens is 1. The summed E-state index contributed by atoms with van der Waals surface area (Å²) in [5, 5.41) is 9.06. The Balaban J connectivity index is 0.00000225. The van der Waals surface area contributed by atoms with E-state index in [2.05, 4.69) is 16.0 Å². The number of benzene rings is 1. The predicted molar refractivity (Wildman–Crippen MR) is 97.8 cm³/mol. The molecule has 2 fully saturated rings. The van der Waals surface area contributed by atoms with Crippen LogP contribution >= 0.6 is 12.4 Å². The molecule has 6 nitrogen and oxygen atoms in total. The lowest BCUT2D eigenvalue weighted by Crippen LogP contribution is -2.32. The number of carbonyl (C=O) groups excluding carboxylic acids is 2. The molecule has 0 spiro atoms. The van der Waals surface area contributed by atoms with Crippen LogP contribution in [0.1, 0.15) is 35.2 Å². The van der Waals surface area contributed by atoms with Crippen molar-refractivity contribution in [2.45, 2.75) is 31.9 Å². The summed E-state index contributed by atoms with van der Waals surface area (Å²) < 4.78 is 5.51. The van der Waals surface area contributed by atoms with Crippen LogP contribution in [-0.2, 0) is 16.1 Å². The maximum Gasteiger partial charge on any atom is 0.251 e. The molecule has 25 heavy (non-hydrogen) atoms. The first-order valence-electron chi connectivity index (χ1n) is 8.69. The standard InChI is InChI=1S/C18H25N3O3.ClH/c22-17(21-12-16-5-2-8-24-16)14-4-1-3-13(9-14)10-20-18(23)15-6-7-19-11-15;/h1,3-4,9,15-16,19H,2,5-8,10-12H2,(H,20,23)(H,21,22);1H. The molecule has 2 unspecified atom stereocenters. The van der Waals surface area contributed by atoms with Crippen molar-refractivity contribution < 1.29 is 14.3 Å². The first-order chi connectivity index (χ1) is 11.7. The van der Waals surface area contributed by atoms with Gasteiger partial charge in [-0.05, 0) is 43.5 Å². The van der Waals surface area contributed by atoms with Crippen molar-refractivity contribution in [3.8, 4) is 0 Å². The highest BCUT2D eigenvalue weighted by molar-refractivity contribution is 5.94. The molecule has 2 saturated heterocycles. The monoisotopic (exact) mass is 367 g/mol. The zero-order valence-electron chi connectivity index (χ0n) is 14.3. The van der Waals surface area contributed by atoms with E-state index in [4.69, 9.17) is 4.74 Å². The third-order valence-corrected chi connectivity index (χ3v) is 4.60. The van der Waals surface area contributed by atoms with Crippen molar-refractivity contribution in [2.24, 2.45) is 5.92 Å². The lowest BCUT2D eigenvalue weighted by Gasteiger charge is -2.12. The van der Waals surface area contributed by atoms with Gasteiger partial charge >= 0.3 is 0 Å². The van der Waals surface area contributed by atoms with Gasteiger partial charge in [-0.25, -0.2) is 0 Å². The number of rotatable bonds is 6. The van der Waals surface area contributed by atoms with Gasteiger partial charge in [0, 0.05) is 31.8 Å². The van der Waals surface area contributed by atoms with E-state index in [9.17, 15) is 9.59 Å². The largest absolute Gasteiger partial charge is 0.376 e. The van der Waals surface area contributed by atoms with E-state index in [-0.39, 0.29) is 36.2 Å². The zero-order chi connectivity index (χ0) is 16.8. The molecule has 7 heteroatoms. The van der Waals surface area contributed by atoms with Crippen LogP contribution in [-0.4, -0.2) is 44.2 Å². The molecule has 2 amide bonds. The quantitative estimate of drug-likeness (QED) is 0.707. The Morgan fingerprint density at radius 1 is 1.24 bits per heavy atom. The summed E-state index contributed by atoms with van der Waals surface area (Å²) in [5.41, 5.74) is 1.54. The normalized spacial score (nSPS) is 22.2. The molecular weight excluding hydrogens is 342 g/mol. The van der Waals surface area contributed by atoms with E-state index < -0.39 is 0 Å². The fourth-order valence-corrected chi connectivity index (χ4v) is 3.15. The van der Waals surface area contributed by atoms with E-state index >= 15 is 0 Å². The average Bonchev–Trinajstić information content (AvgIpc) is 3.31. The average molecular weight is 368 g/mol. The summed E-state index contributed by atoms with van der Waals surface area (Å²) in [6.07, 6.45) is 3.09. The van der Waals surface area contributed by atoms with Crippen LogP contribution in [0.3, 0.4) is 0 Å². The van der Waals surface area contributed by atoms with Crippen LogP contribution < -0.4 is 16.0 Å². The molecule has 0 aliphatic carbocycles. The van der Waals surface area contributed by atoms with Gasteiger partial charge in [0.25, 0.3) is 5.91 Å². The summed E-state index contributed by atoms with van der Waals surface area (Å²) in [4.78, 5) is 24.3. The first-order valence-corrected chi connectivity index (χ1v) is 8.69. The minimum atomic E-state index is -0.0985. The van der Waals surface area contributed by atoms with Crippen LogP contribution in [0.15, 0.2) is 24.3 Å². The summed E-state index contributed by atoms with van der Waals surface area (Å²) in [7, 11) is 0. The van der Waals surface area contributed by atoms with Crippen molar-refractivity contribution in [2.75, 3.05) is 26.2 Å². The fourth-order valence-electron chi connectivity index (χ4n) is 3.15. The molecular formula is C18H26ClN3O3. The molecule has 2 aliphatic rings. The third-order valence-electron chi connectivity index (χ3n) is 4.60. The summed E-state index contributed by atoms with van der Waals surface area (Å²) in [6.45, 7) is 3.43. The van der Waals surface area contributed by atoms with E-state index in [1.807, 2.05) is 18.2 Å². The number of hydrogen-bond acceptors (Lipinski definition) is 4. The lowest BCUT2D eigenvalue weighted by molar-refractivity contribution is -0.124. The van der Waals surface area contributed by atoms with Crippen LogP contribution in [0.5, 0.6) is 0 Å². The van der Waals surface area contributed by atoms with Crippen LogP contribution in [0.4, 0.5) is 0 Å².